The first-order chi connectivity index (χ1) is 8.26. The Labute approximate surface area is 108 Å². The van der Waals surface area contributed by atoms with E-state index in [0.29, 0.717) is 10.6 Å². The molecule has 3 heteroatoms. The van der Waals surface area contributed by atoms with E-state index in [-0.39, 0.29) is 0 Å². The highest BCUT2D eigenvalue weighted by molar-refractivity contribution is 6.33. The number of nitrogens with zero attached hydrogens (tertiary/aromatic N) is 1. The number of benzene rings is 1. The van der Waals surface area contributed by atoms with Gasteiger partial charge in [-0.2, -0.15) is 0 Å². The SMILES string of the molecule is CCCN(CC1CC1)c1cccc(Cl)c1C=O. The molecule has 1 aliphatic carbocycles. The summed E-state index contributed by atoms with van der Waals surface area (Å²) in [6.45, 7) is 4.19. The maximum Gasteiger partial charge on any atom is 0.153 e. The molecular weight excluding hydrogens is 234 g/mol. The smallest absolute Gasteiger partial charge is 0.153 e. The van der Waals surface area contributed by atoms with Crippen LogP contribution in [0.2, 0.25) is 5.02 Å². The highest BCUT2D eigenvalue weighted by Gasteiger charge is 2.25. The summed E-state index contributed by atoms with van der Waals surface area (Å²) in [6.07, 6.45) is 4.58. The van der Waals surface area contributed by atoms with E-state index in [1.54, 1.807) is 6.07 Å². The number of halogens is 1. The van der Waals surface area contributed by atoms with Crippen LogP contribution in [0.1, 0.15) is 36.5 Å². The predicted molar refractivity (Wildman–Crippen MR) is 72.1 cm³/mol. The topological polar surface area (TPSA) is 20.3 Å². The van der Waals surface area contributed by atoms with Crippen LogP contribution in [0.3, 0.4) is 0 Å². The Bertz CT molecular complexity index is 401. The second-order valence-electron chi connectivity index (χ2n) is 4.68. The lowest BCUT2D eigenvalue weighted by molar-refractivity contribution is 0.112. The van der Waals surface area contributed by atoms with Gasteiger partial charge in [-0.1, -0.05) is 24.6 Å². The number of carbonyl (C=O) groups is 1. The van der Waals surface area contributed by atoms with E-state index in [9.17, 15) is 4.79 Å². The van der Waals surface area contributed by atoms with Crippen LogP contribution in [0.5, 0.6) is 0 Å². The van der Waals surface area contributed by atoms with Crippen LogP contribution in [0.15, 0.2) is 18.2 Å². The standard InChI is InChI=1S/C14H18ClNO/c1-2-8-16(9-11-6-7-11)14-5-3-4-13(15)12(14)10-17/h3-5,10-11H,2,6-9H2,1H3. The summed E-state index contributed by atoms with van der Waals surface area (Å²) in [5, 5.41) is 0.550. The first kappa shape index (κ1) is 12.4. The largest absolute Gasteiger partial charge is 0.371 e. The number of hydrogen-bond acceptors (Lipinski definition) is 2. The van der Waals surface area contributed by atoms with E-state index >= 15 is 0 Å². The van der Waals surface area contributed by atoms with Crippen molar-refractivity contribution < 1.29 is 4.79 Å². The molecule has 0 heterocycles. The minimum Gasteiger partial charge on any atom is -0.371 e. The molecule has 0 N–H and O–H groups in total. The molecule has 92 valence electrons. The van der Waals surface area contributed by atoms with Crippen LogP contribution in [-0.2, 0) is 0 Å². The molecule has 17 heavy (non-hydrogen) atoms. The van der Waals surface area contributed by atoms with E-state index in [1.807, 2.05) is 12.1 Å². The molecule has 1 saturated carbocycles. The second kappa shape index (κ2) is 5.54. The van der Waals surface area contributed by atoms with Crippen molar-refractivity contribution in [2.24, 2.45) is 5.92 Å². The zero-order chi connectivity index (χ0) is 12.3. The van der Waals surface area contributed by atoms with Gasteiger partial charge in [-0.3, -0.25) is 4.79 Å². The van der Waals surface area contributed by atoms with Gasteiger partial charge < -0.3 is 4.90 Å². The van der Waals surface area contributed by atoms with E-state index in [1.165, 1.54) is 12.8 Å². The fourth-order valence-electron chi connectivity index (χ4n) is 2.11. The van der Waals surface area contributed by atoms with Gasteiger partial charge in [0.2, 0.25) is 0 Å². The minimum atomic E-state index is 0.550. The van der Waals surface area contributed by atoms with Crippen LogP contribution >= 0.6 is 11.6 Å². The van der Waals surface area contributed by atoms with Crippen molar-refractivity contribution in [1.82, 2.24) is 0 Å². The maximum atomic E-state index is 11.1. The highest BCUT2D eigenvalue weighted by Crippen LogP contribution is 2.33. The van der Waals surface area contributed by atoms with Gasteiger partial charge in [0.25, 0.3) is 0 Å². The third kappa shape index (κ3) is 3.01. The Balaban J connectivity index is 2.26. The molecule has 2 nitrogen and oxygen atoms in total. The third-order valence-electron chi connectivity index (χ3n) is 3.16. The van der Waals surface area contributed by atoms with Crippen LogP contribution in [0.4, 0.5) is 5.69 Å². The van der Waals surface area contributed by atoms with E-state index in [0.717, 1.165) is 37.4 Å². The van der Waals surface area contributed by atoms with Crippen molar-refractivity contribution in [3.63, 3.8) is 0 Å². The van der Waals surface area contributed by atoms with Crippen molar-refractivity contribution in [2.45, 2.75) is 26.2 Å². The number of hydrogen-bond donors (Lipinski definition) is 0. The monoisotopic (exact) mass is 251 g/mol. The fraction of sp³-hybridized carbons (Fsp3) is 0.500. The van der Waals surface area contributed by atoms with Gasteiger partial charge in [-0.25, -0.2) is 0 Å². The Kier molecular flexibility index (Phi) is 4.06. The molecule has 1 aliphatic rings. The highest BCUT2D eigenvalue weighted by atomic mass is 35.5. The quantitative estimate of drug-likeness (QED) is 0.717. The molecule has 0 saturated heterocycles. The van der Waals surface area contributed by atoms with Gasteiger partial charge in [0.05, 0.1) is 10.6 Å². The molecule has 0 amide bonds. The van der Waals surface area contributed by atoms with Gasteiger partial charge in [0.15, 0.2) is 6.29 Å². The summed E-state index contributed by atoms with van der Waals surface area (Å²) in [7, 11) is 0. The first-order valence-electron chi connectivity index (χ1n) is 6.25. The summed E-state index contributed by atoms with van der Waals surface area (Å²) < 4.78 is 0. The van der Waals surface area contributed by atoms with E-state index < -0.39 is 0 Å². The van der Waals surface area contributed by atoms with Gasteiger partial charge in [-0.05, 0) is 37.3 Å². The molecule has 0 bridgehead atoms. The van der Waals surface area contributed by atoms with E-state index in [4.69, 9.17) is 11.6 Å². The van der Waals surface area contributed by atoms with Gasteiger partial charge in [0, 0.05) is 18.8 Å². The minimum absolute atomic E-state index is 0.550. The zero-order valence-electron chi connectivity index (χ0n) is 10.2. The lowest BCUT2D eigenvalue weighted by atomic mass is 10.1. The Hall–Kier alpha value is -1.02. The Morgan fingerprint density at radius 1 is 1.47 bits per heavy atom. The van der Waals surface area contributed by atoms with Crippen LogP contribution in [-0.4, -0.2) is 19.4 Å². The van der Waals surface area contributed by atoms with Crippen LogP contribution in [0.25, 0.3) is 0 Å². The molecular formula is C14H18ClNO. The van der Waals surface area contributed by atoms with Crippen molar-refractivity contribution >= 4 is 23.6 Å². The van der Waals surface area contributed by atoms with Crippen LogP contribution < -0.4 is 4.90 Å². The first-order valence-corrected chi connectivity index (χ1v) is 6.62. The fourth-order valence-corrected chi connectivity index (χ4v) is 2.32. The summed E-state index contributed by atoms with van der Waals surface area (Å²) >= 11 is 6.07. The molecule has 0 radical (unpaired) electrons. The Morgan fingerprint density at radius 2 is 2.24 bits per heavy atom. The van der Waals surface area contributed by atoms with Crippen molar-refractivity contribution in [1.29, 1.82) is 0 Å². The van der Waals surface area contributed by atoms with E-state index in [2.05, 4.69) is 11.8 Å². The molecule has 0 aliphatic heterocycles. The second-order valence-corrected chi connectivity index (χ2v) is 5.09. The molecule has 1 aromatic carbocycles. The zero-order valence-corrected chi connectivity index (χ0v) is 10.9. The van der Waals surface area contributed by atoms with Gasteiger partial charge >= 0.3 is 0 Å². The lowest BCUT2D eigenvalue weighted by Gasteiger charge is -2.26. The van der Waals surface area contributed by atoms with Crippen LogP contribution in [0, 0.1) is 5.92 Å². The summed E-state index contributed by atoms with van der Waals surface area (Å²) in [5.41, 5.74) is 1.62. The van der Waals surface area contributed by atoms with Gasteiger partial charge in [0.1, 0.15) is 0 Å². The van der Waals surface area contributed by atoms with Crippen molar-refractivity contribution in [2.75, 3.05) is 18.0 Å². The summed E-state index contributed by atoms with van der Waals surface area (Å²) in [5.74, 6) is 0.806. The lowest BCUT2D eigenvalue weighted by Crippen LogP contribution is -2.27. The summed E-state index contributed by atoms with van der Waals surface area (Å²) in [4.78, 5) is 13.4. The Morgan fingerprint density at radius 3 is 2.82 bits per heavy atom. The molecule has 0 spiro atoms. The average molecular weight is 252 g/mol. The normalized spacial score (nSPS) is 14.7. The van der Waals surface area contributed by atoms with Crippen molar-refractivity contribution in [3.05, 3.63) is 28.8 Å². The number of anilines is 1. The maximum absolute atomic E-state index is 11.1. The predicted octanol–water partition coefficient (Wildman–Crippen LogP) is 3.78. The molecule has 1 fully saturated rings. The van der Waals surface area contributed by atoms with Crippen molar-refractivity contribution in [3.8, 4) is 0 Å². The summed E-state index contributed by atoms with van der Waals surface area (Å²) in [6, 6.07) is 5.68. The molecule has 0 unspecified atom stereocenters. The molecule has 1 aromatic rings. The third-order valence-corrected chi connectivity index (χ3v) is 3.49. The number of aldehydes is 1. The molecule has 2 rings (SSSR count). The van der Waals surface area contributed by atoms with Gasteiger partial charge in [-0.15, -0.1) is 0 Å². The molecule has 0 aromatic heterocycles. The molecule has 0 atom stereocenters. The number of carbonyl (C=O) groups excluding carboxylic acids is 1. The average Bonchev–Trinajstić information content (AvgIpc) is 3.12. The number of rotatable bonds is 6.